The van der Waals surface area contributed by atoms with Crippen molar-refractivity contribution in [1.82, 2.24) is 14.9 Å². The summed E-state index contributed by atoms with van der Waals surface area (Å²) in [5.74, 6) is -0.461. The molecule has 0 saturated heterocycles. The fourth-order valence-electron chi connectivity index (χ4n) is 1.19. The number of aliphatic hydroxyl groups is 1. The van der Waals surface area contributed by atoms with Gasteiger partial charge in [-0.1, -0.05) is 0 Å². The van der Waals surface area contributed by atoms with Crippen molar-refractivity contribution in [2.75, 3.05) is 6.61 Å². The van der Waals surface area contributed by atoms with Gasteiger partial charge in [0.2, 0.25) is 12.2 Å². The second-order valence-electron chi connectivity index (χ2n) is 3.63. The predicted octanol–water partition coefficient (Wildman–Crippen LogP) is -0.322. The van der Waals surface area contributed by atoms with E-state index in [4.69, 9.17) is 5.11 Å². The van der Waals surface area contributed by atoms with E-state index in [-0.39, 0.29) is 30.8 Å². The van der Waals surface area contributed by atoms with Gasteiger partial charge < -0.3 is 25.1 Å². The van der Waals surface area contributed by atoms with E-state index in [0.717, 1.165) is 0 Å². The minimum atomic E-state index is -0.593. The van der Waals surface area contributed by atoms with Crippen LogP contribution in [-0.2, 0) is 11.3 Å². The van der Waals surface area contributed by atoms with Crippen LogP contribution in [0.5, 0.6) is 0 Å². The summed E-state index contributed by atoms with van der Waals surface area (Å²) >= 11 is 0. The highest BCUT2D eigenvalue weighted by molar-refractivity contribution is 5.76. The molecule has 8 heteroatoms. The molecule has 0 radical (unpaired) electrons. The Morgan fingerprint density at radius 1 is 1.76 bits per heavy atom. The lowest BCUT2D eigenvalue weighted by atomic mass is 10.3. The van der Waals surface area contributed by atoms with Gasteiger partial charge in [0.25, 0.3) is 0 Å². The molecule has 1 rings (SSSR count). The first-order valence-electron chi connectivity index (χ1n) is 5.09. The summed E-state index contributed by atoms with van der Waals surface area (Å²) in [5.41, 5.74) is 0. The van der Waals surface area contributed by atoms with E-state index in [2.05, 4.69) is 10.3 Å². The number of carbonyl (C=O) groups excluding carboxylic acids is 1. The van der Waals surface area contributed by atoms with Crippen LogP contribution in [0.4, 0.5) is 5.82 Å². The zero-order valence-electron chi connectivity index (χ0n) is 9.37. The molecule has 2 N–H and O–H groups in total. The van der Waals surface area contributed by atoms with Crippen LogP contribution in [0.3, 0.4) is 0 Å². The zero-order chi connectivity index (χ0) is 12.8. The third-order valence-electron chi connectivity index (χ3n) is 2.08. The van der Waals surface area contributed by atoms with Crippen LogP contribution in [0.2, 0.25) is 0 Å². The van der Waals surface area contributed by atoms with E-state index in [1.807, 2.05) is 0 Å². The van der Waals surface area contributed by atoms with Gasteiger partial charge in [-0.15, -0.1) is 0 Å². The Bertz CT molecular complexity index is 403. The maximum atomic E-state index is 11.3. The molecule has 1 heterocycles. The van der Waals surface area contributed by atoms with E-state index in [1.165, 1.54) is 17.1 Å². The average molecular weight is 242 g/mol. The second kappa shape index (κ2) is 5.94. The lowest BCUT2D eigenvalue weighted by Gasteiger charge is -2.10. The van der Waals surface area contributed by atoms with Crippen molar-refractivity contribution in [2.45, 2.75) is 25.9 Å². The number of aliphatic hydroxyl groups excluding tert-OH is 1. The van der Waals surface area contributed by atoms with Crippen molar-refractivity contribution in [3.63, 3.8) is 0 Å². The Balaban J connectivity index is 2.39. The SMILES string of the molecule is C[C@@H](CO)NC(=O)CCn1cnc([N+](=O)[O-])c1. The molecule has 0 spiro atoms. The highest BCUT2D eigenvalue weighted by atomic mass is 16.6. The van der Waals surface area contributed by atoms with Crippen molar-refractivity contribution in [3.05, 3.63) is 22.6 Å². The largest absolute Gasteiger partial charge is 0.394 e. The van der Waals surface area contributed by atoms with Gasteiger partial charge in [-0.25, -0.2) is 0 Å². The molecule has 0 aliphatic rings. The molecule has 1 amide bonds. The Morgan fingerprint density at radius 3 is 3.00 bits per heavy atom. The molecule has 17 heavy (non-hydrogen) atoms. The highest BCUT2D eigenvalue weighted by Crippen LogP contribution is 2.05. The molecule has 1 atom stereocenters. The topological polar surface area (TPSA) is 110 Å². The molecule has 0 fully saturated rings. The van der Waals surface area contributed by atoms with Gasteiger partial charge >= 0.3 is 5.82 Å². The number of nitro groups is 1. The van der Waals surface area contributed by atoms with Gasteiger partial charge in [0.1, 0.15) is 6.20 Å². The Morgan fingerprint density at radius 2 is 2.47 bits per heavy atom. The van der Waals surface area contributed by atoms with E-state index in [9.17, 15) is 14.9 Å². The number of nitrogens with one attached hydrogen (secondary N) is 1. The molecular formula is C9H14N4O4. The third kappa shape index (κ3) is 4.19. The molecule has 0 aliphatic carbocycles. The van der Waals surface area contributed by atoms with E-state index in [0.29, 0.717) is 6.54 Å². The second-order valence-corrected chi connectivity index (χ2v) is 3.63. The van der Waals surface area contributed by atoms with Gasteiger partial charge in [0, 0.05) is 19.0 Å². The third-order valence-corrected chi connectivity index (χ3v) is 2.08. The Labute approximate surface area is 97.4 Å². The lowest BCUT2D eigenvalue weighted by Crippen LogP contribution is -2.35. The van der Waals surface area contributed by atoms with Crippen molar-refractivity contribution in [3.8, 4) is 0 Å². The number of rotatable bonds is 6. The molecule has 0 aromatic carbocycles. The molecule has 0 aliphatic heterocycles. The van der Waals surface area contributed by atoms with Gasteiger partial charge in [-0.2, -0.15) is 0 Å². The minimum absolute atomic E-state index is 0.123. The molecule has 1 aromatic heterocycles. The average Bonchev–Trinajstić information content (AvgIpc) is 2.75. The van der Waals surface area contributed by atoms with Crippen molar-refractivity contribution < 1.29 is 14.8 Å². The fourth-order valence-corrected chi connectivity index (χ4v) is 1.19. The molecule has 1 aromatic rings. The summed E-state index contributed by atoms with van der Waals surface area (Å²) in [4.78, 5) is 24.7. The molecule has 0 bridgehead atoms. The summed E-state index contributed by atoms with van der Waals surface area (Å²) in [6.45, 7) is 1.87. The van der Waals surface area contributed by atoms with Gasteiger partial charge in [-0.3, -0.25) is 4.79 Å². The number of amides is 1. The lowest BCUT2D eigenvalue weighted by molar-refractivity contribution is -0.389. The summed E-state index contributed by atoms with van der Waals surface area (Å²) in [5, 5.41) is 21.7. The number of imidazole rings is 1. The molecule has 94 valence electrons. The number of aromatic nitrogens is 2. The highest BCUT2D eigenvalue weighted by Gasteiger charge is 2.11. The van der Waals surface area contributed by atoms with Crippen LogP contribution in [0, 0.1) is 10.1 Å². The number of nitrogens with zero attached hydrogens (tertiary/aromatic N) is 3. The van der Waals surface area contributed by atoms with Crippen molar-refractivity contribution in [1.29, 1.82) is 0 Å². The van der Waals surface area contributed by atoms with Crippen LogP contribution >= 0.6 is 0 Å². The number of carbonyl (C=O) groups is 1. The Hall–Kier alpha value is -1.96. The maximum absolute atomic E-state index is 11.3. The number of hydrogen-bond acceptors (Lipinski definition) is 5. The van der Waals surface area contributed by atoms with Crippen LogP contribution in [-0.4, -0.2) is 38.1 Å². The maximum Gasteiger partial charge on any atom is 0.381 e. The molecule has 0 saturated carbocycles. The normalized spacial score (nSPS) is 12.1. The first-order valence-corrected chi connectivity index (χ1v) is 5.09. The zero-order valence-corrected chi connectivity index (χ0v) is 9.37. The Kier molecular flexibility index (Phi) is 4.58. The van der Waals surface area contributed by atoms with Crippen LogP contribution in [0.15, 0.2) is 12.5 Å². The molecule has 8 nitrogen and oxygen atoms in total. The van der Waals surface area contributed by atoms with Crippen LogP contribution in [0.1, 0.15) is 13.3 Å². The van der Waals surface area contributed by atoms with Gasteiger partial charge in [0.05, 0.1) is 6.61 Å². The first kappa shape index (κ1) is 13.1. The first-order chi connectivity index (χ1) is 8.02. The minimum Gasteiger partial charge on any atom is -0.394 e. The fraction of sp³-hybridized carbons (Fsp3) is 0.556. The van der Waals surface area contributed by atoms with Crippen LogP contribution < -0.4 is 5.32 Å². The van der Waals surface area contributed by atoms with E-state index in [1.54, 1.807) is 6.92 Å². The summed E-state index contributed by atoms with van der Waals surface area (Å²) < 4.78 is 1.47. The summed E-state index contributed by atoms with van der Waals surface area (Å²) in [6, 6.07) is -0.292. The predicted molar refractivity (Wildman–Crippen MR) is 58.2 cm³/mol. The smallest absolute Gasteiger partial charge is 0.381 e. The van der Waals surface area contributed by atoms with E-state index < -0.39 is 4.92 Å². The standard InChI is InChI=1S/C9H14N4O4/c1-7(5-14)11-9(15)2-3-12-4-8(10-6-12)13(16)17/h4,6-7,14H,2-3,5H2,1H3,(H,11,15)/t7-/m0/s1. The quantitative estimate of drug-likeness (QED) is 0.524. The molecular weight excluding hydrogens is 228 g/mol. The van der Waals surface area contributed by atoms with Gasteiger partial charge in [-0.05, 0) is 16.8 Å². The summed E-state index contributed by atoms with van der Waals surface area (Å²) in [7, 11) is 0. The number of aryl methyl sites for hydroxylation is 1. The monoisotopic (exact) mass is 242 g/mol. The van der Waals surface area contributed by atoms with Crippen LogP contribution in [0.25, 0.3) is 0 Å². The van der Waals surface area contributed by atoms with Crippen molar-refractivity contribution >= 4 is 11.7 Å². The van der Waals surface area contributed by atoms with Gasteiger partial charge in [0.15, 0.2) is 0 Å². The van der Waals surface area contributed by atoms with Crippen molar-refractivity contribution in [2.24, 2.45) is 0 Å². The van der Waals surface area contributed by atoms with E-state index >= 15 is 0 Å². The molecule has 0 unspecified atom stereocenters. The number of hydrogen-bond donors (Lipinski definition) is 2. The summed E-state index contributed by atoms with van der Waals surface area (Å²) in [6.07, 6.45) is 2.75.